The van der Waals surface area contributed by atoms with Crippen LogP contribution in [0, 0.1) is 0 Å². The van der Waals surface area contributed by atoms with Gasteiger partial charge in [0.05, 0.1) is 0 Å². The van der Waals surface area contributed by atoms with Crippen LogP contribution in [0.15, 0.2) is 30.3 Å². The Kier molecular flexibility index (Phi) is 3.01. The third-order valence-electron chi connectivity index (χ3n) is 1.86. The zero-order chi connectivity index (χ0) is 11.7. The van der Waals surface area contributed by atoms with Crippen LogP contribution in [0.4, 0.5) is 5.69 Å². The van der Waals surface area contributed by atoms with Crippen molar-refractivity contribution in [3.8, 4) is 0 Å². The molecule has 0 radical (unpaired) electrons. The monoisotopic (exact) mass is 213 g/mol. The maximum Gasteiger partial charge on any atom is 0.247 e. The van der Waals surface area contributed by atoms with Crippen LogP contribution in [0.3, 0.4) is 0 Å². The van der Waals surface area contributed by atoms with Crippen molar-refractivity contribution in [3.05, 3.63) is 30.3 Å². The molecule has 0 saturated carbocycles. The first-order chi connectivity index (χ1) is 6.73. The van der Waals surface area contributed by atoms with Crippen LogP contribution < -0.4 is 4.90 Å². The first kappa shape index (κ1) is 11.9. The highest BCUT2D eigenvalue weighted by molar-refractivity contribution is 5.48. The molecule has 0 aliphatic rings. The third-order valence-corrected chi connectivity index (χ3v) is 1.86. The molecule has 15 heavy (non-hydrogen) atoms. The highest BCUT2D eigenvalue weighted by Gasteiger charge is 2.38. The average Bonchev–Trinajstić information content (AvgIpc) is 2.00. The second-order valence-corrected chi connectivity index (χ2v) is 3.61. The topological polar surface area (TPSA) is 84.2 Å². The van der Waals surface area contributed by atoms with Gasteiger partial charge in [-0.25, -0.2) is 0 Å². The molecule has 5 heteroatoms. The Morgan fingerprint density at radius 1 is 0.867 bits per heavy atom. The van der Waals surface area contributed by atoms with Crippen LogP contribution in [0.2, 0.25) is 0 Å². The number of hydrogen-bond acceptors (Lipinski definition) is 5. The number of anilines is 1. The molecule has 0 aliphatic heterocycles. The molecule has 0 aromatic heterocycles. The highest BCUT2D eigenvalue weighted by Crippen LogP contribution is 2.26. The Morgan fingerprint density at radius 2 is 1.27 bits per heavy atom. The lowest BCUT2D eigenvalue weighted by Crippen LogP contribution is -2.59. The quantitative estimate of drug-likeness (QED) is 0.523. The largest absolute Gasteiger partial charge is 0.349 e. The van der Waals surface area contributed by atoms with Gasteiger partial charge in [-0.05, 0) is 12.1 Å². The van der Waals surface area contributed by atoms with Gasteiger partial charge < -0.3 is 20.4 Å². The van der Waals surface area contributed by atoms with Gasteiger partial charge in [-0.15, -0.1) is 0 Å². The second-order valence-electron chi connectivity index (χ2n) is 3.61. The van der Waals surface area contributed by atoms with Gasteiger partial charge in [-0.2, -0.15) is 0 Å². The predicted molar refractivity (Wildman–Crippen MR) is 54.6 cm³/mol. The lowest BCUT2D eigenvalue weighted by Gasteiger charge is -2.40. The Bertz CT molecular complexity index is 298. The van der Waals surface area contributed by atoms with E-state index in [1.165, 1.54) is 12.1 Å². The van der Waals surface area contributed by atoms with Gasteiger partial charge in [-0.1, -0.05) is 18.2 Å². The summed E-state index contributed by atoms with van der Waals surface area (Å²) in [4.78, 5) is 0.681. The lowest BCUT2D eigenvalue weighted by molar-refractivity contribution is -0.234. The summed E-state index contributed by atoms with van der Waals surface area (Å²) in [6, 6.07) is 8.12. The van der Waals surface area contributed by atoms with E-state index in [1.807, 2.05) is 0 Å². The molecule has 0 aliphatic carbocycles. The lowest BCUT2D eigenvalue weighted by atomic mass is 10.2. The normalized spacial score (nSPS) is 12.7. The first-order valence-corrected chi connectivity index (χ1v) is 4.48. The molecule has 0 saturated heterocycles. The predicted octanol–water partition coefficient (Wildman–Crippen LogP) is -0.190. The molecule has 0 unspecified atom stereocenters. The van der Waals surface area contributed by atoms with Crippen LogP contribution in [0.5, 0.6) is 0 Å². The molecule has 1 aromatic carbocycles. The summed E-state index contributed by atoms with van der Waals surface area (Å²) < 4.78 is 0. The van der Waals surface area contributed by atoms with E-state index in [0.29, 0.717) is 4.90 Å². The van der Waals surface area contributed by atoms with E-state index in [4.69, 9.17) is 0 Å². The van der Waals surface area contributed by atoms with E-state index < -0.39 is 11.8 Å². The van der Waals surface area contributed by atoms with Crippen molar-refractivity contribution < 1.29 is 20.4 Å². The minimum absolute atomic E-state index is 0.289. The van der Waals surface area contributed by atoms with Gasteiger partial charge in [0.2, 0.25) is 11.8 Å². The minimum atomic E-state index is -2.36. The summed E-state index contributed by atoms with van der Waals surface area (Å²) in [6.45, 7) is 2.09. The molecule has 1 rings (SSSR count). The molecule has 1 aromatic rings. The highest BCUT2D eigenvalue weighted by atomic mass is 16.6. The van der Waals surface area contributed by atoms with Crippen LogP contribution >= 0.6 is 0 Å². The fourth-order valence-corrected chi connectivity index (χ4v) is 1.47. The fourth-order valence-electron chi connectivity index (χ4n) is 1.47. The summed E-state index contributed by atoms with van der Waals surface area (Å²) in [5.74, 6) is -4.72. The molecule has 0 fully saturated rings. The van der Waals surface area contributed by atoms with E-state index in [9.17, 15) is 20.4 Å². The van der Waals surface area contributed by atoms with E-state index in [-0.39, 0.29) is 5.69 Å². The molecule has 0 bridgehead atoms. The van der Waals surface area contributed by atoms with E-state index in [1.54, 1.807) is 18.2 Å². The third kappa shape index (κ3) is 2.90. The Labute approximate surface area is 87.8 Å². The van der Waals surface area contributed by atoms with E-state index >= 15 is 0 Å². The number of rotatable bonds is 3. The number of aliphatic hydroxyl groups is 4. The van der Waals surface area contributed by atoms with Crippen molar-refractivity contribution in [1.29, 1.82) is 0 Å². The molecular weight excluding hydrogens is 198 g/mol. The van der Waals surface area contributed by atoms with E-state index in [0.717, 1.165) is 13.8 Å². The van der Waals surface area contributed by atoms with Crippen LogP contribution in [-0.2, 0) is 0 Å². The molecule has 4 N–H and O–H groups in total. The molecule has 0 heterocycles. The molecule has 5 nitrogen and oxygen atoms in total. The van der Waals surface area contributed by atoms with Gasteiger partial charge >= 0.3 is 0 Å². The van der Waals surface area contributed by atoms with Gasteiger partial charge in [0.15, 0.2) is 0 Å². The summed E-state index contributed by atoms with van der Waals surface area (Å²) in [5, 5.41) is 37.7. The number of benzene rings is 1. The number of nitrogens with zero attached hydrogens (tertiary/aromatic N) is 1. The Hall–Kier alpha value is -1.14. The van der Waals surface area contributed by atoms with Crippen LogP contribution in [-0.4, -0.2) is 32.2 Å². The second kappa shape index (κ2) is 3.79. The maximum atomic E-state index is 9.43. The minimum Gasteiger partial charge on any atom is -0.349 e. The number of para-hydroxylation sites is 1. The molecule has 0 amide bonds. The smallest absolute Gasteiger partial charge is 0.247 e. The fraction of sp³-hybridized carbons (Fsp3) is 0.400. The zero-order valence-electron chi connectivity index (χ0n) is 8.62. The van der Waals surface area contributed by atoms with Gasteiger partial charge in [0.1, 0.15) is 0 Å². The van der Waals surface area contributed by atoms with Crippen molar-refractivity contribution in [3.63, 3.8) is 0 Å². The summed E-state index contributed by atoms with van der Waals surface area (Å²) in [6.07, 6.45) is 0. The Morgan fingerprint density at radius 3 is 1.60 bits per heavy atom. The molecule has 0 spiro atoms. The van der Waals surface area contributed by atoms with E-state index in [2.05, 4.69) is 0 Å². The SMILES string of the molecule is CC(O)(O)N(c1ccccc1)C(C)(O)O. The van der Waals surface area contributed by atoms with Crippen molar-refractivity contribution >= 4 is 5.69 Å². The van der Waals surface area contributed by atoms with Crippen molar-refractivity contribution in [2.24, 2.45) is 0 Å². The summed E-state index contributed by atoms with van der Waals surface area (Å²) in [5.41, 5.74) is 0.289. The Balaban J connectivity index is 3.15. The average molecular weight is 213 g/mol. The van der Waals surface area contributed by atoms with Crippen molar-refractivity contribution in [1.82, 2.24) is 0 Å². The maximum absolute atomic E-state index is 9.43. The summed E-state index contributed by atoms with van der Waals surface area (Å²) in [7, 11) is 0. The van der Waals surface area contributed by atoms with Crippen LogP contribution in [0.1, 0.15) is 13.8 Å². The van der Waals surface area contributed by atoms with Crippen LogP contribution in [0.25, 0.3) is 0 Å². The summed E-state index contributed by atoms with van der Waals surface area (Å²) >= 11 is 0. The van der Waals surface area contributed by atoms with Gasteiger partial charge in [0, 0.05) is 19.5 Å². The molecule has 84 valence electrons. The molecule has 0 atom stereocenters. The first-order valence-electron chi connectivity index (χ1n) is 4.48. The standard InChI is InChI=1S/C10H15NO4/c1-9(12,13)11(10(2,14)15)8-6-4-3-5-7-8/h3-7,12-15H,1-2H3. The van der Waals surface area contributed by atoms with Crippen molar-refractivity contribution in [2.45, 2.75) is 25.7 Å². The molecular formula is C10H15NO4. The van der Waals surface area contributed by atoms with Gasteiger partial charge in [0.25, 0.3) is 0 Å². The van der Waals surface area contributed by atoms with Gasteiger partial charge in [-0.3, -0.25) is 4.90 Å². The van der Waals surface area contributed by atoms with Crippen molar-refractivity contribution in [2.75, 3.05) is 4.90 Å². The zero-order valence-corrected chi connectivity index (χ0v) is 8.62. The number of hydrogen-bond donors (Lipinski definition) is 4.